The molecule has 3 nitrogen and oxygen atoms in total. The quantitative estimate of drug-likeness (QED) is 0.819. The van der Waals surface area contributed by atoms with E-state index in [1.54, 1.807) is 11.3 Å². The summed E-state index contributed by atoms with van der Waals surface area (Å²) in [5.41, 5.74) is 1.02. The van der Waals surface area contributed by atoms with E-state index in [1.807, 2.05) is 12.3 Å². The van der Waals surface area contributed by atoms with Gasteiger partial charge in [-0.05, 0) is 26.2 Å². The van der Waals surface area contributed by atoms with Gasteiger partial charge >= 0.3 is 0 Å². The Morgan fingerprint density at radius 2 is 2.50 bits per heavy atom. The van der Waals surface area contributed by atoms with Gasteiger partial charge in [0, 0.05) is 17.0 Å². The van der Waals surface area contributed by atoms with E-state index in [-0.39, 0.29) is 11.8 Å². The standard InChI is InChI=1S/C12H16N2OS/c1-9-8-16-11(14-9)7-13-12(15)10-5-3-2-4-6-10/h2-3,8,10H,4-7H2,1H3,(H,13,15)/t10-/m1/s1. The van der Waals surface area contributed by atoms with Gasteiger partial charge in [0.15, 0.2) is 0 Å². The Bertz CT molecular complexity index is 397. The highest BCUT2D eigenvalue weighted by Gasteiger charge is 2.18. The summed E-state index contributed by atoms with van der Waals surface area (Å²) in [6.45, 7) is 2.53. The van der Waals surface area contributed by atoms with E-state index in [9.17, 15) is 4.79 Å². The Morgan fingerprint density at radius 3 is 3.12 bits per heavy atom. The van der Waals surface area contributed by atoms with Crippen molar-refractivity contribution in [2.45, 2.75) is 32.7 Å². The third kappa shape index (κ3) is 2.92. The first-order valence-corrected chi connectivity index (χ1v) is 6.47. The molecule has 2 rings (SSSR count). The summed E-state index contributed by atoms with van der Waals surface area (Å²) in [4.78, 5) is 16.1. The predicted octanol–water partition coefficient (Wildman–Crippen LogP) is 2.42. The molecule has 0 aromatic carbocycles. The second-order valence-corrected chi connectivity index (χ2v) is 5.02. The molecule has 0 saturated carbocycles. The molecule has 1 amide bonds. The normalized spacial score (nSPS) is 19.7. The van der Waals surface area contributed by atoms with E-state index in [4.69, 9.17) is 0 Å². The second kappa shape index (κ2) is 5.25. The summed E-state index contributed by atoms with van der Waals surface area (Å²) in [5.74, 6) is 0.322. The molecule has 1 aliphatic rings. The van der Waals surface area contributed by atoms with Crippen molar-refractivity contribution in [2.24, 2.45) is 5.92 Å². The van der Waals surface area contributed by atoms with Crippen LogP contribution < -0.4 is 5.32 Å². The lowest BCUT2D eigenvalue weighted by Crippen LogP contribution is -2.30. The van der Waals surface area contributed by atoms with Crippen molar-refractivity contribution in [3.8, 4) is 0 Å². The minimum absolute atomic E-state index is 0.158. The lowest BCUT2D eigenvalue weighted by Gasteiger charge is -2.16. The van der Waals surface area contributed by atoms with Gasteiger partial charge in [-0.15, -0.1) is 11.3 Å². The van der Waals surface area contributed by atoms with Crippen LogP contribution in [0.15, 0.2) is 17.5 Å². The number of nitrogens with zero attached hydrogens (tertiary/aromatic N) is 1. The van der Waals surface area contributed by atoms with Gasteiger partial charge in [0.25, 0.3) is 0 Å². The molecule has 4 heteroatoms. The number of thiazole rings is 1. The van der Waals surface area contributed by atoms with Gasteiger partial charge in [-0.2, -0.15) is 0 Å². The predicted molar refractivity (Wildman–Crippen MR) is 65.2 cm³/mol. The molecular formula is C12H16N2OS. The first-order chi connectivity index (χ1) is 7.75. The fourth-order valence-electron chi connectivity index (χ4n) is 1.82. The van der Waals surface area contributed by atoms with Crippen LogP contribution >= 0.6 is 11.3 Å². The van der Waals surface area contributed by atoms with Gasteiger partial charge < -0.3 is 5.32 Å². The van der Waals surface area contributed by atoms with E-state index < -0.39 is 0 Å². The molecule has 0 spiro atoms. The van der Waals surface area contributed by atoms with Crippen LogP contribution in [0.4, 0.5) is 0 Å². The molecule has 1 aromatic rings. The molecule has 0 fully saturated rings. The summed E-state index contributed by atoms with van der Waals surface area (Å²) in [6, 6.07) is 0. The molecule has 0 saturated heterocycles. The number of aryl methyl sites for hydroxylation is 1. The van der Waals surface area contributed by atoms with Gasteiger partial charge in [-0.3, -0.25) is 4.79 Å². The zero-order valence-corrected chi connectivity index (χ0v) is 10.2. The summed E-state index contributed by atoms with van der Waals surface area (Å²) < 4.78 is 0. The maximum Gasteiger partial charge on any atom is 0.223 e. The van der Waals surface area contributed by atoms with Gasteiger partial charge in [-0.1, -0.05) is 12.2 Å². The second-order valence-electron chi connectivity index (χ2n) is 4.08. The lowest BCUT2D eigenvalue weighted by atomic mass is 9.94. The minimum Gasteiger partial charge on any atom is -0.349 e. The van der Waals surface area contributed by atoms with Crippen molar-refractivity contribution < 1.29 is 4.79 Å². The molecule has 1 N–H and O–H groups in total. The minimum atomic E-state index is 0.158. The van der Waals surface area contributed by atoms with Crippen LogP contribution in [0.25, 0.3) is 0 Å². The maximum absolute atomic E-state index is 11.8. The highest BCUT2D eigenvalue weighted by Crippen LogP contribution is 2.18. The summed E-state index contributed by atoms with van der Waals surface area (Å²) >= 11 is 1.60. The largest absolute Gasteiger partial charge is 0.349 e. The Hall–Kier alpha value is -1.16. The highest BCUT2D eigenvalue weighted by atomic mass is 32.1. The molecule has 16 heavy (non-hydrogen) atoms. The number of allylic oxidation sites excluding steroid dienone is 2. The third-order valence-electron chi connectivity index (χ3n) is 2.72. The van der Waals surface area contributed by atoms with E-state index in [2.05, 4.69) is 22.5 Å². The smallest absolute Gasteiger partial charge is 0.223 e. The van der Waals surface area contributed by atoms with Crippen LogP contribution in [0, 0.1) is 12.8 Å². The van der Waals surface area contributed by atoms with Crippen LogP contribution in [-0.4, -0.2) is 10.9 Å². The number of carbonyl (C=O) groups excluding carboxylic acids is 1. The molecular weight excluding hydrogens is 220 g/mol. The zero-order valence-electron chi connectivity index (χ0n) is 9.40. The number of hydrogen-bond acceptors (Lipinski definition) is 3. The first kappa shape index (κ1) is 11.3. The van der Waals surface area contributed by atoms with Gasteiger partial charge in [0.05, 0.1) is 6.54 Å². The van der Waals surface area contributed by atoms with E-state index in [0.29, 0.717) is 6.54 Å². The molecule has 1 heterocycles. The summed E-state index contributed by atoms with van der Waals surface area (Å²) in [5, 5.41) is 5.95. The summed E-state index contributed by atoms with van der Waals surface area (Å²) in [6.07, 6.45) is 7.12. The fraction of sp³-hybridized carbons (Fsp3) is 0.500. The van der Waals surface area contributed by atoms with Crippen molar-refractivity contribution in [3.05, 3.63) is 28.2 Å². The van der Waals surface area contributed by atoms with E-state index >= 15 is 0 Å². The Kier molecular flexibility index (Phi) is 3.72. The molecule has 0 aliphatic heterocycles. The Morgan fingerprint density at radius 1 is 1.62 bits per heavy atom. The monoisotopic (exact) mass is 236 g/mol. The van der Waals surface area contributed by atoms with Crippen LogP contribution in [0.3, 0.4) is 0 Å². The van der Waals surface area contributed by atoms with Gasteiger partial charge in [0.1, 0.15) is 5.01 Å². The van der Waals surface area contributed by atoms with Gasteiger partial charge in [-0.25, -0.2) is 4.98 Å². The summed E-state index contributed by atoms with van der Waals surface area (Å²) in [7, 11) is 0. The molecule has 1 aliphatic carbocycles. The number of rotatable bonds is 3. The number of hydrogen-bond donors (Lipinski definition) is 1. The van der Waals surface area contributed by atoms with Crippen molar-refractivity contribution >= 4 is 17.2 Å². The average molecular weight is 236 g/mol. The van der Waals surface area contributed by atoms with Crippen molar-refractivity contribution in [1.82, 2.24) is 10.3 Å². The molecule has 1 atom stereocenters. The van der Waals surface area contributed by atoms with Crippen molar-refractivity contribution in [1.29, 1.82) is 0 Å². The van der Waals surface area contributed by atoms with E-state index in [1.165, 1.54) is 0 Å². The molecule has 1 aromatic heterocycles. The van der Waals surface area contributed by atoms with Crippen LogP contribution in [0.5, 0.6) is 0 Å². The molecule has 0 unspecified atom stereocenters. The number of nitrogens with one attached hydrogen (secondary N) is 1. The lowest BCUT2D eigenvalue weighted by molar-refractivity contribution is -0.125. The molecule has 86 valence electrons. The SMILES string of the molecule is Cc1csc(CNC(=O)[C@@H]2CC=CCC2)n1. The number of aromatic nitrogens is 1. The number of carbonyl (C=O) groups is 1. The molecule has 0 radical (unpaired) electrons. The first-order valence-electron chi connectivity index (χ1n) is 5.59. The van der Waals surface area contributed by atoms with Gasteiger partial charge in [0.2, 0.25) is 5.91 Å². The maximum atomic E-state index is 11.8. The van der Waals surface area contributed by atoms with Crippen molar-refractivity contribution in [2.75, 3.05) is 0 Å². The van der Waals surface area contributed by atoms with E-state index in [0.717, 1.165) is 30.0 Å². The average Bonchev–Trinajstić information content (AvgIpc) is 2.73. The van der Waals surface area contributed by atoms with Crippen LogP contribution in [-0.2, 0) is 11.3 Å². The fourth-order valence-corrected chi connectivity index (χ4v) is 2.53. The zero-order chi connectivity index (χ0) is 11.4. The third-order valence-corrected chi connectivity index (χ3v) is 3.69. The number of amides is 1. The van der Waals surface area contributed by atoms with Crippen LogP contribution in [0.2, 0.25) is 0 Å². The van der Waals surface area contributed by atoms with Crippen LogP contribution in [0.1, 0.15) is 30.0 Å². The van der Waals surface area contributed by atoms with Crippen molar-refractivity contribution in [3.63, 3.8) is 0 Å². The topological polar surface area (TPSA) is 42.0 Å². The Labute approximate surface area is 99.6 Å². The Balaban J connectivity index is 1.81. The molecule has 0 bridgehead atoms. The highest BCUT2D eigenvalue weighted by molar-refractivity contribution is 7.09.